The minimum atomic E-state index is -1.12. The quantitative estimate of drug-likeness (QED) is 0.505. The van der Waals surface area contributed by atoms with Crippen LogP contribution in [-0.4, -0.2) is 40.1 Å². The summed E-state index contributed by atoms with van der Waals surface area (Å²) in [7, 11) is 0. The lowest BCUT2D eigenvalue weighted by molar-refractivity contribution is -0.142. The van der Waals surface area contributed by atoms with Gasteiger partial charge in [-0.2, -0.15) is 0 Å². The Bertz CT molecular complexity index is 613. The second-order valence-electron chi connectivity index (χ2n) is 6.83. The maximum Gasteiger partial charge on any atom is 0.326 e. The molecule has 0 aliphatic rings. The van der Waals surface area contributed by atoms with Crippen LogP contribution in [0, 0.1) is 5.92 Å². The van der Waals surface area contributed by atoms with Gasteiger partial charge in [0.25, 0.3) is 0 Å². The van der Waals surface area contributed by atoms with Crippen molar-refractivity contribution >= 4 is 17.8 Å². The summed E-state index contributed by atoms with van der Waals surface area (Å²) in [5.74, 6) is -1.43. The molecule has 0 saturated heterocycles. The highest BCUT2D eigenvalue weighted by atomic mass is 16.4. The standard InChI is InChI=1S/C19H28N2O5/c1-12(2)4-10-16(20-13(3)22)18(24)21-17(19(25)26)11-7-14-5-8-15(23)9-6-14/h5-6,8-9,12,16-17,23H,4,7,10-11H2,1-3H3,(H,20,22)(H,21,24)(H,25,26)/t16-,17-/m0/s1. The second-order valence-corrected chi connectivity index (χ2v) is 6.83. The number of carbonyl (C=O) groups is 3. The highest BCUT2D eigenvalue weighted by Crippen LogP contribution is 2.13. The third-order valence-electron chi connectivity index (χ3n) is 4.00. The van der Waals surface area contributed by atoms with E-state index in [1.165, 1.54) is 19.1 Å². The van der Waals surface area contributed by atoms with Crippen LogP contribution in [0.3, 0.4) is 0 Å². The predicted molar refractivity (Wildman–Crippen MR) is 97.7 cm³/mol. The SMILES string of the molecule is CC(=O)N[C@@H](CCC(C)C)C(=O)N[C@@H](CCc1ccc(O)cc1)C(=O)O. The van der Waals surface area contributed by atoms with Gasteiger partial charge in [-0.1, -0.05) is 26.0 Å². The summed E-state index contributed by atoms with van der Waals surface area (Å²) in [5.41, 5.74) is 0.863. The fourth-order valence-electron chi connectivity index (χ4n) is 2.52. The van der Waals surface area contributed by atoms with Crippen molar-refractivity contribution in [3.05, 3.63) is 29.8 Å². The predicted octanol–water partition coefficient (Wildman–Crippen LogP) is 1.84. The number of amides is 2. The van der Waals surface area contributed by atoms with E-state index in [1.54, 1.807) is 12.1 Å². The third-order valence-corrected chi connectivity index (χ3v) is 4.00. The monoisotopic (exact) mass is 364 g/mol. The first-order chi connectivity index (χ1) is 12.2. The van der Waals surface area contributed by atoms with E-state index in [0.717, 1.165) is 12.0 Å². The van der Waals surface area contributed by atoms with Gasteiger partial charge in [-0.25, -0.2) is 4.79 Å². The van der Waals surface area contributed by atoms with Gasteiger partial charge >= 0.3 is 5.97 Å². The van der Waals surface area contributed by atoms with E-state index in [0.29, 0.717) is 18.8 Å². The molecule has 144 valence electrons. The van der Waals surface area contributed by atoms with E-state index in [4.69, 9.17) is 0 Å². The van der Waals surface area contributed by atoms with Crippen LogP contribution in [0.25, 0.3) is 0 Å². The van der Waals surface area contributed by atoms with Crippen molar-refractivity contribution in [1.82, 2.24) is 10.6 Å². The normalized spacial score (nSPS) is 13.1. The Kier molecular flexibility index (Phi) is 8.61. The fourth-order valence-corrected chi connectivity index (χ4v) is 2.52. The molecule has 0 aliphatic heterocycles. The number of phenols is 1. The number of carboxylic acid groups (broad SMARTS) is 1. The summed E-state index contributed by atoms with van der Waals surface area (Å²) in [6, 6.07) is 4.68. The van der Waals surface area contributed by atoms with Crippen LogP contribution in [0.15, 0.2) is 24.3 Å². The molecule has 0 unspecified atom stereocenters. The number of nitrogens with one attached hydrogen (secondary N) is 2. The van der Waals surface area contributed by atoms with Crippen molar-refractivity contribution in [2.24, 2.45) is 5.92 Å². The molecule has 0 saturated carbocycles. The molecule has 7 heteroatoms. The summed E-state index contributed by atoms with van der Waals surface area (Å²) in [5, 5.41) is 23.8. The molecule has 0 heterocycles. The molecule has 1 rings (SSSR count). The number of benzene rings is 1. The summed E-state index contributed by atoms with van der Waals surface area (Å²) in [6.07, 6.45) is 1.84. The Morgan fingerprint density at radius 2 is 1.58 bits per heavy atom. The van der Waals surface area contributed by atoms with Gasteiger partial charge in [0.2, 0.25) is 11.8 Å². The Morgan fingerprint density at radius 3 is 2.08 bits per heavy atom. The van der Waals surface area contributed by atoms with Crippen LogP contribution < -0.4 is 10.6 Å². The Hall–Kier alpha value is -2.57. The molecule has 2 amide bonds. The van der Waals surface area contributed by atoms with Gasteiger partial charge < -0.3 is 20.8 Å². The number of hydrogen-bond donors (Lipinski definition) is 4. The van der Waals surface area contributed by atoms with Gasteiger partial charge in [-0.05, 0) is 49.3 Å². The van der Waals surface area contributed by atoms with Gasteiger partial charge in [0.1, 0.15) is 17.8 Å². The molecular formula is C19H28N2O5. The maximum absolute atomic E-state index is 12.4. The Morgan fingerprint density at radius 1 is 0.962 bits per heavy atom. The van der Waals surface area contributed by atoms with E-state index in [1.807, 2.05) is 13.8 Å². The zero-order valence-corrected chi connectivity index (χ0v) is 15.5. The van der Waals surface area contributed by atoms with Crippen LogP contribution >= 0.6 is 0 Å². The highest BCUT2D eigenvalue weighted by Gasteiger charge is 2.25. The summed E-state index contributed by atoms with van der Waals surface area (Å²) < 4.78 is 0. The number of phenolic OH excluding ortho intramolecular Hbond substituents is 1. The van der Waals surface area contributed by atoms with Crippen molar-refractivity contribution < 1.29 is 24.6 Å². The smallest absolute Gasteiger partial charge is 0.326 e. The average molecular weight is 364 g/mol. The molecule has 1 aromatic carbocycles. The molecule has 1 aromatic rings. The first kappa shape index (κ1) is 21.5. The maximum atomic E-state index is 12.4. The van der Waals surface area contributed by atoms with Crippen LogP contribution in [0.5, 0.6) is 5.75 Å². The van der Waals surface area contributed by atoms with Crippen LogP contribution in [-0.2, 0) is 20.8 Å². The third kappa shape index (κ3) is 8.00. The summed E-state index contributed by atoms with van der Waals surface area (Å²) in [4.78, 5) is 35.3. The number of carboxylic acids is 1. The minimum absolute atomic E-state index is 0.139. The van der Waals surface area contributed by atoms with Crippen molar-refractivity contribution in [2.45, 2.75) is 58.5 Å². The molecule has 4 N–H and O–H groups in total. The lowest BCUT2D eigenvalue weighted by atomic mass is 10.0. The Balaban J connectivity index is 2.69. The minimum Gasteiger partial charge on any atom is -0.508 e. The van der Waals surface area contributed by atoms with Crippen molar-refractivity contribution in [3.8, 4) is 5.75 Å². The van der Waals surface area contributed by atoms with Crippen LogP contribution in [0.2, 0.25) is 0 Å². The van der Waals surface area contributed by atoms with Crippen LogP contribution in [0.4, 0.5) is 0 Å². The number of carbonyl (C=O) groups excluding carboxylic acids is 2. The number of rotatable bonds is 10. The second kappa shape index (κ2) is 10.4. The first-order valence-corrected chi connectivity index (χ1v) is 8.77. The zero-order chi connectivity index (χ0) is 19.7. The van der Waals surface area contributed by atoms with Gasteiger partial charge in [0, 0.05) is 6.92 Å². The fraction of sp³-hybridized carbons (Fsp3) is 0.526. The molecule has 0 fully saturated rings. The molecular weight excluding hydrogens is 336 g/mol. The molecule has 0 bridgehead atoms. The molecule has 0 spiro atoms. The summed E-state index contributed by atoms with van der Waals surface area (Å²) >= 11 is 0. The van der Waals surface area contributed by atoms with Gasteiger partial charge in [0.05, 0.1) is 0 Å². The number of hydrogen-bond acceptors (Lipinski definition) is 4. The summed E-state index contributed by atoms with van der Waals surface area (Å²) in [6.45, 7) is 5.36. The molecule has 0 aliphatic carbocycles. The average Bonchev–Trinajstić information content (AvgIpc) is 2.55. The van der Waals surface area contributed by atoms with Gasteiger partial charge in [0.15, 0.2) is 0 Å². The van der Waals surface area contributed by atoms with E-state index in [2.05, 4.69) is 10.6 Å². The van der Waals surface area contributed by atoms with Crippen molar-refractivity contribution in [1.29, 1.82) is 0 Å². The highest BCUT2D eigenvalue weighted by molar-refractivity contribution is 5.89. The van der Waals surface area contributed by atoms with Gasteiger partial charge in [-0.15, -0.1) is 0 Å². The lowest BCUT2D eigenvalue weighted by Gasteiger charge is -2.21. The molecule has 0 radical (unpaired) electrons. The number of aromatic hydroxyl groups is 1. The first-order valence-electron chi connectivity index (χ1n) is 8.77. The molecule has 2 atom stereocenters. The van der Waals surface area contributed by atoms with E-state index in [-0.39, 0.29) is 18.1 Å². The largest absolute Gasteiger partial charge is 0.508 e. The van der Waals surface area contributed by atoms with Gasteiger partial charge in [-0.3, -0.25) is 9.59 Å². The lowest BCUT2D eigenvalue weighted by Crippen LogP contribution is -2.51. The number of aliphatic carboxylic acids is 1. The van der Waals surface area contributed by atoms with E-state index < -0.39 is 24.0 Å². The number of aryl methyl sites for hydroxylation is 1. The topological polar surface area (TPSA) is 116 Å². The van der Waals surface area contributed by atoms with Crippen molar-refractivity contribution in [3.63, 3.8) is 0 Å². The molecule has 26 heavy (non-hydrogen) atoms. The Labute approximate surface area is 153 Å². The molecule has 7 nitrogen and oxygen atoms in total. The molecule has 0 aromatic heterocycles. The van der Waals surface area contributed by atoms with Crippen molar-refractivity contribution in [2.75, 3.05) is 0 Å². The zero-order valence-electron chi connectivity index (χ0n) is 15.5. The van der Waals surface area contributed by atoms with E-state index in [9.17, 15) is 24.6 Å². The van der Waals surface area contributed by atoms with Crippen LogP contribution in [0.1, 0.15) is 45.6 Å². The van der Waals surface area contributed by atoms with E-state index >= 15 is 0 Å².